The van der Waals surface area contributed by atoms with E-state index in [4.69, 9.17) is 4.74 Å². The highest BCUT2D eigenvalue weighted by Gasteiger charge is 2.42. The van der Waals surface area contributed by atoms with Crippen molar-refractivity contribution in [2.24, 2.45) is 12.5 Å². The molecule has 2 saturated heterocycles. The third-order valence-electron chi connectivity index (χ3n) is 5.31. The average Bonchev–Trinajstić information content (AvgIpc) is 3.17. The van der Waals surface area contributed by atoms with Gasteiger partial charge < -0.3 is 14.2 Å². The summed E-state index contributed by atoms with van der Waals surface area (Å²) in [4.78, 5) is 29.7. The van der Waals surface area contributed by atoms with Crippen molar-refractivity contribution in [2.45, 2.75) is 13.0 Å². The van der Waals surface area contributed by atoms with Gasteiger partial charge in [0.2, 0.25) is 0 Å². The van der Waals surface area contributed by atoms with Crippen LogP contribution in [-0.4, -0.2) is 74.6 Å². The van der Waals surface area contributed by atoms with Gasteiger partial charge in [-0.25, -0.2) is 9.97 Å². The summed E-state index contributed by atoms with van der Waals surface area (Å²) in [6.07, 6.45) is 9.48. The first-order valence-electron chi connectivity index (χ1n) is 8.97. The SMILES string of the molecule is Cn1ccnc1CN1CCC2(COCCN(C(=O)c3cnccn3)C2)C1. The average molecular weight is 356 g/mol. The number of aryl methyl sites for hydroxylation is 1. The van der Waals surface area contributed by atoms with Crippen molar-refractivity contribution in [3.63, 3.8) is 0 Å². The molecule has 0 radical (unpaired) electrons. The lowest BCUT2D eigenvalue weighted by molar-refractivity contribution is 0.0639. The predicted molar refractivity (Wildman–Crippen MR) is 94.3 cm³/mol. The van der Waals surface area contributed by atoms with Crippen LogP contribution in [0.4, 0.5) is 0 Å². The molecule has 0 N–H and O–H groups in total. The van der Waals surface area contributed by atoms with Crippen LogP contribution in [0.5, 0.6) is 0 Å². The molecular formula is C18H24N6O2. The highest BCUT2D eigenvalue weighted by atomic mass is 16.5. The second kappa shape index (κ2) is 7.13. The molecule has 2 aliphatic rings. The van der Waals surface area contributed by atoms with Crippen LogP contribution in [-0.2, 0) is 18.3 Å². The maximum Gasteiger partial charge on any atom is 0.274 e. The molecule has 1 spiro atoms. The Morgan fingerprint density at radius 3 is 2.92 bits per heavy atom. The third-order valence-corrected chi connectivity index (χ3v) is 5.31. The first-order valence-corrected chi connectivity index (χ1v) is 8.97. The fourth-order valence-corrected chi connectivity index (χ4v) is 3.90. The normalized spacial score (nSPS) is 24.1. The summed E-state index contributed by atoms with van der Waals surface area (Å²) in [6, 6.07) is 0. The highest BCUT2D eigenvalue weighted by Crippen LogP contribution is 2.34. The minimum absolute atomic E-state index is 0.0282. The molecule has 2 aromatic heterocycles. The second-order valence-electron chi connectivity index (χ2n) is 7.28. The Morgan fingerprint density at radius 2 is 2.15 bits per heavy atom. The number of carbonyl (C=O) groups is 1. The van der Waals surface area contributed by atoms with Gasteiger partial charge in [0.25, 0.3) is 5.91 Å². The number of aromatic nitrogens is 4. The summed E-state index contributed by atoms with van der Waals surface area (Å²) in [6.45, 7) is 5.26. The van der Waals surface area contributed by atoms with E-state index in [1.165, 1.54) is 6.20 Å². The number of likely N-dealkylation sites (tertiary alicyclic amines) is 1. The van der Waals surface area contributed by atoms with Gasteiger partial charge >= 0.3 is 0 Å². The Balaban J connectivity index is 1.46. The van der Waals surface area contributed by atoms with E-state index < -0.39 is 0 Å². The third kappa shape index (κ3) is 3.47. The number of nitrogens with zero attached hydrogens (tertiary/aromatic N) is 6. The number of carbonyl (C=O) groups excluding carboxylic acids is 1. The smallest absolute Gasteiger partial charge is 0.274 e. The Hall–Kier alpha value is -2.32. The van der Waals surface area contributed by atoms with E-state index in [0.29, 0.717) is 32.0 Å². The molecule has 2 aromatic rings. The standard InChI is InChI=1S/C18H24N6O2/c1-22-7-5-21-16(22)11-23-6-2-18(12-23)13-24(8-9-26-14-18)17(25)15-10-19-3-4-20-15/h3-5,7,10H,2,6,8-9,11-14H2,1H3. The zero-order chi connectivity index (χ0) is 18.0. The summed E-state index contributed by atoms with van der Waals surface area (Å²) < 4.78 is 7.93. The van der Waals surface area contributed by atoms with E-state index >= 15 is 0 Å². The minimum Gasteiger partial charge on any atom is -0.379 e. The Kier molecular flexibility index (Phi) is 4.69. The molecule has 8 heteroatoms. The van der Waals surface area contributed by atoms with Crippen molar-refractivity contribution in [2.75, 3.05) is 39.4 Å². The first kappa shape index (κ1) is 17.1. The zero-order valence-corrected chi connectivity index (χ0v) is 15.0. The van der Waals surface area contributed by atoms with Gasteiger partial charge in [-0.05, 0) is 13.0 Å². The molecule has 8 nitrogen and oxygen atoms in total. The molecule has 2 fully saturated rings. The molecule has 26 heavy (non-hydrogen) atoms. The van der Waals surface area contributed by atoms with Crippen molar-refractivity contribution < 1.29 is 9.53 Å². The number of hydrogen-bond acceptors (Lipinski definition) is 6. The van der Waals surface area contributed by atoms with Crippen molar-refractivity contribution in [3.05, 3.63) is 42.5 Å². The van der Waals surface area contributed by atoms with E-state index in [-0.39, 0.29) is 11.3 Å². The molecule has 0 aromatic carbocycles. The van der Waals surface area contributed by atoms with Gasteiger partial charge in [-0.1, -0.05) is 0 Å². The highest BCUT2D eigenvalue weighted by molar-refractivity contribution is 5.92. The molecule has 1 atom stereocenters. The molecule has 4 heterocycles. The van der Waals surface area contributed by atoms with Crippen molar-refractivity contribution >= 4 is 5.91 Å². The molecule has 0 bridgehead atoms. The van der Waals surface area contributed by atoms with Gasteiger partial charge in [0.1, 0.15) is 11.5 Å². The summed E-state index contributed by atoms with van der Waals surface area (Å²) in [5.74, 6) is 0.995. The van der Waals surface area contributed by atoms with Crippen LogP contribution in [0.2, 0.25) is 0 Å². The topological polar surface area (TPSA) is 76.4 Å². The summed E-state index contributed by atoms with van der Waals surface area (Å²) in [5.41, 5.74) is 0.368. The van der Waals surface area contributed by atoms with E-state index in [1.807, 2.05) is 24.3 Å². The number of imidazole rings is 1. The van der Waals surface area contributed by atoms with Gasteiger partial charge in [-0.2, -0.15) is 0 Å². The van der Waals surface area contributed by atoms with E-state index in [0.717, 1.165) is 31.9 Å². The van der Waals surface area contributed by atoms with Crippen molar-refractivity contribution in [3.8, 4) is 0 Å². The molecule has 2 aliphatic heterocycles. The fraction of sp³-hybridized carbons (Fsp3) is 0.556. The zero-order valence-electron chi connectivity index (χ0n) is 15.0. The van der Waals surface area contributed by atoms with Crippen LogP contribution in [0.15, 0.2) is 31.0 Å². The summed E-state index contributed by atoms with van der Waals surface area (Å²) in [7, 11) is 2.02. The van der Waals surface area contributed by atoms with E-state index in [9.17, 15) is 4.79 Å². The maximum atomic E-state index is 12.8. The lowest BCUT2D eigenvalue weighted by atomic mass is 9.87. The molecule has 4 rings (SSSR count). The molecular weight excluding hydrogens is 332 g/mol. The lowest BCUT2D eigenvalue weighted by Gasteiger charge is -2.31. The molecule has 1 amide bonds. The number of rotatable bonds is 3. The number of ether oxygens (including phenoxy) is 1. The monoisotopic (exact) mass is 356 g/mol. The Morgan fingerprint density at radius 1 is 1.23 bits per heavy atom. The number of hydrogen-bond donors (Lipinski definition) is 0. The van der Waals surface area contributed by atoms with E-state index in [1.54, 1.807) is 12.4 Å². The first-order chi connectivity index (χ1) is 12.7. The lowest BCUT2D eigenvalue weighted by Crippen LogP contribution is -2.43. The second-order valence-corrected chi connectivity index (χ2v) is 7.28. The van der Waals surface area contributed by atoms with Crippen LogP contribution >= 0.6 is 0 Å². The molecule has 0 saturated carbocycles. The van der Waals surface area contributed by atoms with Crippen LogP contribution < -0.4 is 0 Å². The van der Waals surface area contributed by atoms with Crippen molar-refractivity contribution in [1.82, 2.24) is 29.3 Å². The quantitative estimate of drug-likeness (QED) is 0.801. The largest absolute Gasteiger partial charge is 0.379 e. The van der Waals surface area contributed by atoms with Gasteiger partial charge in [0, 0.05) is 56.9 Å². The van der Waals surface area contributed by atoms with Gasteiger partial charge in [0.15, 0.2) is 0 Å². The van der Waals surface area contributed by atoms with Crippen LogP contribution in [0.1, 0.15) is 22.7 Å². The van der Waals surface area contributed by atoms with Crippen LogP contribution in [0.25, 0.3) is 0 Å². The maximum absolute atomic E-state index is 12.8. The Labute approximate surface area is 152 Å². The molecule has 138 valence electrons. The van der Waals surface area contributed by atoms with E-state index in [2.05, 4.69) is 24.4 Å². The number of amides is 1. The Bertz CT molecular complexity index is 764. The summed E-state index contributed by atoms with van der Waals surface area (Å²) >= 11 is 0. The van der Waals surface area contributed by atoms with Crippen LogP contribution in [0, 0.1) is 5.41 Å². The summed E-state index contributed by atoms with van der Waals surface area (Å²) in [5, 5.41) is 0. The molecule has 1 unspecified atom stereocenters. The molecule has 0 aliphatic carbocycles. The fourth-order valence-electron chi connectivity index (χ4n) is 3.90. The van der Waals surface area contributed by atoms with Crippen LogP contribution in [0.3, 0.4) is 0 Å². The van der Waals surface area contributed by atoms with Gasteiger partial charge in [0.05, 0.1) is 26.0 Å². The van der Waals surface area contributed by atoms with Gasteiger partial charge in [-0.3, -0.25) is 14.7 Å². The van der Waals surface area contributed by atoms with Crippen molar-refractivity contribution in [1.29, 1.82) is 0 Å². The van der Waals surface area contributed by atoms with Gasteiger partial charge in [-0.15, -0.1) is 0 Å². The minimum atomic E-state index is -0.0643. The predicted octanol–water partition coefficient (Wildman–Crippen LogP) is 0.575.